The highest BCUT2D eigenvalue weighted by Crippen LogP contribution is 2.34. The number of carbonyl (C=O) groups excluding carboxylic acids is 2. The predicted octanol–water partition coefficient (Wildman–Crippen LogP) is 1.43. The molecule has 0 aromatic rings. The Morgan fingerprint density at radius 3 is 2.47 bits per heavy atom. The fourth-order valence-corrected chi connectivity index (χ4v) is 3.05. The molecule has 0 spiro atoms. The van der Waals surface area contributed by atoms with E-state index in [1.54, 1.807) is 6.92 Å². The molecule has 0 aromatic heterocycles. The summed E-state index contributed by atoms with van der Waals surface area (Å²) in [6, 6.07) is -0.276. The molecule has 5 nitrogen and oxygen atoms in total. The second-order valence-electron chi connectivity index (χ2n) is 5.78. The number of nitrogens with zero attached hydrogens (tertiary/aromatic N) is 1. The summed E-state index contributed by atoms with van der Waals surface area (Å²) in [6.45, 7) is 5.49. The average molecular weight is 286 g/mol. The molecular weight excluding hydrogens is 264 g/mol. The first-order valence-electron chi connectivity index (χ1n) is 6.79. The fourth-order valence-electron chi connectivity index (χ4n) is 2.64. The van der Waals surface area contributed by atoms with Gasteiger partial charge in [-0.1, -0.05) is 6.92 Å². The van der Waals surface area contributed by atoms with Crippen LogP contribution in [0.4, 0.5) is 4.79 Å². The van der Waals surface area contributed by atoms with Crippen molar-refractivity contribution in [3.63, 3.8) is 0 Å². The Balaban J connectivity index is 2.14. The number of thiol groups is 1. The molecule has 0 bridgehead atoms. The molecule has 2 saturated heterocycles. The van der Waals surface area contributed by atoms with Crippen molar-refractivity contribution < 1.29 is 14.3 Å². The second-order valence-corrected chi connectivity index (χ2v) is 6.09. The van der Waals surface area contributed by atoms with Crippen LogP contribution < -0.4 is 5.32 Å². The largest absolute Gasteiger partial charge is 0.381 e. The maximum Gasteiger partial charge on any atom is 0.325 e. The monoisotopic (exact) mass is 286 g/mol. The minimum absolute atomic E-state index is 0.104. The smallest absolute Gasteiger partial charge is 0.325 e. The molecule has 2 rings (SSSR count). The maximum atomic E-state index is 12.4. The summed E-state index contributed by atoms with van der Waals surface area (Å²) in [5.41, 5.74) is -0.854. The third-order valence-corrected chi connectivity index (χ3v) is 5.11. The van der Waals surface area contributed by atoms with Gasteiger partial charge in [0.25, 0.3) is 5.91 Å². The minimum atomic E-state index is -0.750. The van der Waals surface area contributed by atoms with Gasteiger partial charge in [-0.3, -0.25) is 9.69 Å². The fraction of sp³-hybridized carbons (Fsp3) is 0.846. The lowest BCUT2D eigenvalue weighted by atomic mass is 9.81. The number of hydrogen-bond donors (Lipinski definition) is 2. The Morgan fingerprint density at radius 1 is 1.37 bits per heavy atom. The van der Waals surface area contributed by atoms with E-state index in [-0.39, 0.29) is 17.4 Å². The Morgan fingerprint density at radius 2 is 2.00 bits per heavy atom. The molecular formula is C13H22N2O3S. The van der Waals surface area contributed by atoms with Crippen LogP contribution in [0.1, 0.15) is 33.1 Å². The van der Waals surface area contributed by atoms with Crippen LogP contribution >= 0.6 is 12.6 Å². The number of hydrogen-bond acceptors (Lipinski definition) is 4. The molecule has 2 aliphatic rings. The zero-order chi connectivity index (χ0) is 14.1. The van der Waals surface area contributed by atoms with Crippen molar-refractivity contribution in [1.29, 1.82) is 0 Å². The number of ether oxygens (including phenoxy) is 1. The first kappa shape index (κ1) is 14.7. The maximum absolute atomic E-state index is 12.4. The van der Waals surface area contributed by atoms with E-state index in [0.717, 1.165) is 12.8 Å². The van der Waals surface area contributed by atoms with E-state index in [1.807, 2.05) is 6.92 Å². The summed E-state index contributed by atoms with van der Waals surface area (Å²) >= 11 is 4.42. The SMILES string of the molecule is CCC1(C)NC(=O)N(CC2(CS)CCOCC2)C1=O. The van der Waals surface area contributed by atoms with Crippen LogP contribution in [0.25, 0.3) is 0 Å². The number of carbonyl (C=O) groups is 2. The molecule has 2 aliphatic heterocycles. The van der Waals surface area contributed by atoms with Crippen LogP contribution in [0.2, 0.25) is 0 Å². The zero-order valence-corrected chi connectivity index (χ0v) is 12.5. The molecule has 0 aliphatic carbocycles. The molecule has 1 atom stereocenters. The highest BCUT2D eigenvalue weighted by molar-refractivity contribution is 7.80. The normalized spacial score (nSPS) is 30.6. The lowest BCUT2D eigenvalue weighted by Crippen LogP contribution is -2.47. The quantitative estimate of drug-likeness (QED) is 0.607. The molecule has 108 valence electrons. The zero-order valence-electron chi connectivity index (χ0n) is 11.6. The van der Waals surface area contributed by atoms with E-state index < -0.39 is 5.54 Å². The summed E-state index contributed by atoms with van der Waals surface area (Å²) < 4.78 is 5.37. The second kappa shape index (κ2) is 5.32. The third-order valence-electron chi connectivity index (χ3n) is 4.43. The molecule has 0 radical (unpaired) electrons. The van der Waals surface area contributed by atoms with Gasteiger partial charge in [-0.25, -0.2) is 4.79 Å². The summed E-state index contributed by atoms with van der Waals surface area (Å²) in [4.78, 5) is 25.8. The van der Waals surface area contributed by atoms with Gasteiger partial charge < -0.3 is 10.1 Å². The molecule has 6 heteroatoms. The van der Waals surface area contributed by atoms with E-state index >= 15 is 0 Å². The highest BCUT2D eigenvalue weighted by atomic mass is 32.1. The molecule has 2 heterocycles. The molecule has 19 heavy (non-hydrogen) atoms. The number of imide groups is 1. The number of rotatable bonds is 4. The van der Waals surface area contributed by atoms with Gasteiger partial charge in [-0.15, -0.1) is 0 Å². The van der Waals surface area contributed by atoms with E-state index in [0.29, 0.717) is 31.9 Å². The number of urea groups is 1. The Hall–Kier alpha value is -0.750. The first-order chi connectivity index (χ1) is 8.96. The molecule has 3 amide bonds. The van der Waals surface area contributed by atoms with Gasteiger partial charge in [0.1, 0.15) is 5.54 Å². The van der Waals surface area contributed by atoms with Gasteiger partial charge in [0.15, 0.2) is 0 Å². The van der Waals surface area contributed by atoms with Crippen LogP contribution in [-0.4, -0.2) is 47.9 Å². The van der Waals surface area contributed by atoms with Crippen LogP contribution in [0.5, 0.6) is 0 Å². The molecule has 2 fully saturated rings. The lowest BCUT2D eigenvalue weighted by Gasteiger charge is -2.38. The number of amides is 3. The van der Waals surface area contributed by atoms with E-state index in [1.165, 1.54) is 4.90 Å². The van der Waals surface area contributed by atoms with Crippen molar-refractivity contribution in [3.8, 4) is 0 Å². The van der Waals surface area contributed by atoms with Crippen molar-refractivity contribution in [3.05, 3.63) is 0 Å². The average Bonchev–Trinajstić information content (AvgIpc) is 2.64. The van der Waals surface area contributed by atoms with Gasteiger partial charge in [-0.05, 0) is 31.9 Å². The van der Waals surface area contributed by atoms with Gasteiger partial charge >= 0.3 is 6.03 Å². The Bertz CT molecular complexity index is 382. The standard InChI is InChI=1S/C13H22N2O3S/c1-3-12(2)10(16)15(11(17)14-12)8-13(9-19)4-6-18-7-5-13/h19H,3-9H2,1-2H3,(H,14,17). The summed E-state index contributed by atoms with van der Waals surface area (Å²) in [6.07, 6.45) is 2.29. The van der Waals surface area contributed by atoms with Crippen molar-refractivity contribution in [1.82, 2.24) is 10.2 Å². The van der Waals surface area contributed by atoms with E-state index in [4.69, 9.17) is 4.74 Å². The molecule has 1 N–H and O–H groups in total. The van der Waals surface area contributed by atoms with Crippen molar-refractivity contribution >= 4 is 24.6 Å². The van der Waals surface area contributed by atoms with Crippen molar-refractivity contribution in [2.24, 2.45) is 5.41 Å². The van der Waals surface area contributed by atoms with Crippen molar-refractivity contribution in [2.45, 2.75) is 38.6 Å². The lowest BCUT2D eigenvalue weighted by molar-refractivity contribution is -0.132. The Labute approximate surface area is 119 Å². The van der Waals surface area contributed by atoms with E-state index in [9.17, 15) is 9.59 Å². The van der Waals surface area contributed by atoms with Crippen LogP contribution in [0, 0.1) is 5.41 Å². The molecule has 1 unspecified atom stereocenters. The van der Waals surface area contributed by atoms with Crippen LogP contribution in [0.3, 0.4) is 0 Å². The van der Waals surface area contributed by atoms with Gasteiger partial charge in [0.2, 0.25) is 0 Å². The predicted molar refractivity (Wildman–Crippen MR) is 75.3 cm³/mol. The number of nitrogens with one attached hydrogen (secondary N) is 1. The molecule has 0 saturated carbocycles. The molecule has 0 aromatic carbocycles. The van der Waals surface area contributed by atoms with Gasteiger partial charge in [-0.2, -0.15) is 12.6 Å². The van der Waals surface area contributed by atoms with Crippen molar-refractivity contribution in [2.75, 3.05) is 25.5 Å². The summed E-state index contributed by atoms with van der Waals surface area (Å²) in [5, 5.41) is 2.79. The van der Waals surface area contributed by atoms with Gasteiger partial charge in [0.05, 0.1) is 0 Å². The summed E-state index contributed by atoms with van der Waals surface area (Å²) in [5.74, 6) is 0.545. The topological polar surface area (TPSA) is 58.6 Å². The van der Waals surface area contributed by atoms with Gasteiger partial charge in [0, 0.05) is 25.2 Å². The first-order valence-corrected chi connectivity index (χ1v) is 7.42. The highest BCUT2D eigenvalue weighted by Gasteiger charge is 2.49. The minimum Gasteiger partial charge on any atom is -0.381 e. The third kappa shape index (κ3) is 2.60. The van der Waals surface area contributed by atoms with Crippen LogP contribution in [-0.2, 0) is 9.53 Å². The van der Waals surface area contributed by atoms with E-state index in [2.05, 4.69) is 17.9 Å². The van der Waals surface area contributed by atoms with Crippen LogP contribution in [0.15, 0.2) is 0 Å². The Kier molecular flexibility index (Phi) is 4.11. The summed E-state index contributed by atoms with van der Waals surface area (Å²) in [7, 11) is 0.